The molecule has 44 heavy (non-hydrogen) atoms. The van der Waals surface area contributed by atoms with Gasteiger partial charge in [0.25, 0.3) is 0 Å². The average Bonchev–Trinajstić information content (AvgIpc) is 3.66. The third-order valence-corrected chi connectivity index (χ3v) is 10.4. The second kappa shape index (κ2) is 9.03. The molecule has 0 aliphatic carbocycles. The molecular formula is C42H24OS. The van der Waals surface area contributed by atoms with E-state index in [0.29, 0.717) is 0 Å². The van der Waals surface area contributed by atoms with Crippen LogP contribution in [0.5, 0.6) is 0 Å². The molecular weight excluding hydrogens is 553 g/mol. The van der Waals surface area contributed by atoms with E-state index in [0.717, 1.165) is 16.7 Å². The highest BCUT2D eigenvalue weighted by molar-refractivity contribution is 7.26. The lowest BCUT2D eigenvalue weighted by Crippen LogP contribution is -1.91. The van der Waals surface area contributed by atoms with Crippen LogP contribution in [-0.4, -0.2) is 0 Å². The number of furan rings is 1. The van der Waals surface area contributed by atoms with Crippen LogP contribution in [0.25, 0.3) is 96.7 Å². The minimum absolute atomic E-state index is 0.930. The molecule has 0 saturated carbocycles. The second-order valence-corrected chi connectivity index (χ2v) is 12.6. The standard InChI is InChI=1S/C42H24OS/c1-2-13-26(14-3-1)37-29-17-6-8-19-31(29)38(32-20-9-7-18-30(32)37)34-24-33-28-16-10-11-21-36(28)44-42(33)40-39-27-15-5-4-12-25(27)22-23-35(39)43-41(34)40/h1-24H. The zero-order chi connectivity index (χ0) is 28.8. The fourth-order valence-electron chi connectivity index (χ4n) is 7.40. The maximum atomic E-state index is 6.97. The van der Waals surface area contributed by atoms with Crippen molar-refractivity contribution in [3.05, 3.63) is 146 Å². The summed E-state index contributed by atoms with van der Waals surface area (Å²) in [5.74, 6) is 0. The van der Waals surface area contributed by atoms with Crippen LogP contribution in [0.4, 0.5) is 0 Å². The summed E-state index contributed by atoms with van der Waals surface area (Å²) in [6, 6.07) is 52.8. The van der Waals surface area contributed by atoms with E-state index < -0.39 is 0 Å². The molecule has 0 N–H and O–H groups in total. The number of fused-ring (bicyclic) bond motifs is 11. The van der Waals surface area contributed by atoms with E-state index in [9.17, 15) is 0 Å². The predicted molar refractivity (Wildman–Crippen MR) is 190 cm³/mol. The van der Waals surface area contributed by atoms with Crippen LogP contribution in [0.15, 0.2) is 150 Å². The molecule has 10 rings (SSSR count). The quantitative estimate of drug-likeness (QED) is 0.187. The Morgan fingerprint density at radius 2 is 1.02 bits per heavy atom. The summed E-state index contributed by atoms with van der Waals surface area (Å²) in [5, 5.41) is 12.4. The summed E-state index contributed by atoms with van der Waals surface area (Å²) >= 11 is 1.87. The molecule has 8 aromatic carbocycles. The third kappa shape index (κ3) is 3.23. The first kappa shape index (κ1) is 24.0. The van der Waals surface area contributed by atoms with Gasteiger partial charge in [0.05, 0.1) is 0 Å². The van der Waals surface area contributed by atoms with Crippen LogP contribution in [0, 0.1) is 0 Å². The van der Waals surface area contributed by atoms with Gasteiger partial charge in [0, 0.05) is 42.1 Å². The first-order chi connectivity index (χ1) is 21.8. The first-order valence-corrected chi connectivity index (χ1v) is 15.8. The van der Waals surface area contributed by atoms with Gasteiger partial charge in [-0.3, -0.25) is 0 Å². The van der Waals surface area contributed by atoms with Crippen LogP contribution < -0.4 is 0 Å². The van der Waals surface area contributed by atoms with Gasteiger partial charge in [-0.25, -0.2) is 0 Å². The van der Waals surface area contributed by atoms with E-state index in [-0.39, 0.29) is 0 Å². The minimum atomic E-state index is 0.930. The maximum absolute atomic E-state index is 6.97. The van der Waals surface area contributed by atoms with Crippen molar-refractivity contribution in [2.75, 3.05) is 0 Å². The molecule has 2 heterocycles. The highest BCUT2D eigenvalue weighted by Gasteiger charge is 2.24. The van der Waals surface area contributed by atoms with Gasteiger partial charge in [0.1, 0.15) is 11.2 Å². The van der Waals surface area contributed by atoms with Crippen molar-refractivity contribution >= 4 is 85.8 Å². The molecule has 0 fully saturated rings. The fraction of sp³-hybridized carbons (Fsp3) is 0. The molecule has 0 spiro atoms. The summed E-state index contributed by atoms with van der Waals surface area (Å²) in [6.45, 7) is 0. The van der Waals surface area contributed by atoms with Gasteiger partial charge in [0.15, 0.2) is 0 Å². The van der Waals surface area contributed by atoms with Crippen molar-refractivity contribution in [3.8, 4) is 22.3 Å². The Morgan fingerprint density at radius 1 is 0.432 bits per heavy atom. The zero-order valence-corrected chi connectivity index (χ0v) is 24.5. The van der Waals surface area contributed by atoms with E-state index in [1.54, 1.807) is 0 Å². The Morgan fingerprint density at radius 3 is 1.75 bits per heavy atom. The van der Waals surface area contributed by atoms with Gasteiger partial charge in [-0.2, -0.15) is 0 Å². The lowest BCUT2D eigenvalue weighted by molar-refractivity contribution is 0.670. The van der Waals surface area contributed by atoms with Crippen LogP contribution >= 0.6 is 11.3 Å². The van der Waals surface area contributed by atoms with E-state index in [1.807, 2.05) is 11.3 Å². The molecule has 0 radical (unpaired) electrons. The van der Waals surface area contributed by atoms with Gasteiger partial charge in [0.2, 0.25) is 0 Å². The van der Waals surface area contributed by atoms with Crippen LogP contribution in [-0.2, 0) is 0 Å². The molecule has 204 valence electrons. The molecule has 0 aliphatic rings. The van der Waals surface area contributed by atoms with Gasteiger partial charge >= 0.3 is 0 Å². The predicted octanol–water partition coefficient (Wildman–Crippen LogP) is 12.7. The molecule has 0 bridgehead atoms. The molecule has 10 aromatic rings. The van der Waals surface area contributed by atoms with Crippen molar-refractivity contribution in [2.24, 2.45) is 0 Å². The summed E-state index contributed by atoms with van der Waals surface area (Å²) in [7, 11) is 0. The normalized spacial score (nSPS) is 12.1. The molecule has 0 saturated heterocycles. The molecule has 1 nitrogen and oxygen atoms in total. The second-order valence-electron chi connectivity index (χ2n) is 11.6. The van der Waals surface area contributed by atoms with E-state index >= 15 is 0 Å². The smallest absolute Gasteiger partial charge is 0.144 e. The number of thiophene rings is 1. The summed E-state index contributed by atoms with van der Waals surface area (Å²) in [6.07, 6.45) is 0. The van der Waals surface area contributed by atoms with Gasteiger partial charge in [-0.1, -0.05) is 127 Å². The Labute approximate surface area is 257 Å². The molecule has 2 aromatic heterocycles. The minimum Gasteiger partial charge on any atom is -0.455 e. The Kier molecular flexibility index (Phi) is 4.94. The Bertz CT molecular complexity index is 2710. The highest BCUT2D eigenvalue weighted by atomic mass is 32.1. The summed E-state index contributed by atoms with van der Waals surface area (Å²) < 4.78 is 9.55. The van der Waals surface area contributed by atoms with Crippen molar-refractivity contribution in [3.63, 3.8) is 0 Å². The van der Waals surface area contributed by atoms with E-state index in [1.165, 1.54) is 80.0 Å². The monoisotopic (exact) mass is 576 g/mol. The topological polar surface area (TPSA) is 13.1 Å². The Hall–Kier alpha value is -5.44. The Balaban J connectivity index is 1.47. The van der Waals surface area contributed by atoms with Crippen LogP contribution in [0.2, 0.25) is 0 Å². The van der Waals surface area contributed by atoms with Gasteiger partial charge in [-0.15, -0.1) is 11.3 Å². The highest BCUT2D eigenvalue weighted by Crippen LogP contribution is 2.51. The molecule has 2 heteroatoms. The summed E-state index contributed by atoms with van der Waals surface area (Å²) in [4.78, 5) is 0. The zero-order valence-electron chi connectivity index (χ0n) is 23.7. The number of rotatable bonds is 2. The lowest BCUT2D eigenvalue weighted by atomic mass is 9.85. The molecule has 0 aliphatic heterocycles. The van der Waals surface area contributed by atoms with Gasteiger partial charge < -0.3 is 4.42 Å². The molecule has 0 amide bonds. The van der Waals surface area contributed by atoms with Crippen LogP contribution in [0.3, 0.4) is 0 Å². The SMILES string of the molecule is c1ccc(-c2c3ccccc3c(-c3cc4c5ccccc5sc4c4c3oc3ccc5ccccc5c34)c3ccccc23)cc1. The van der Waals surface area contributed by atoms with Crippen molar-refractivity contribution in [1.29, 1.82) is 0 Å². The fourth-order valence-corrected chi connectivity index (χ4v) is 8.63. The van der Waals surface area contributed by atoms with Crippen molar-refractivity contribution in [2.45, 2.75) is 0 Å². The van der Waals surface area contributed by atoms with E-state index in [2.05, 4.69) is 146 Å². The number of benzene rings is 8. The maximum Gasteiger partial charge on any atom is 0.144 e. The number of hydrogen-bond acceptors (Lipinski definition) is 2. The van der Waals surface area contributed by atoms with E-state index in [4.69, 9.17) is 4.42 Å². The lowest BCUT2D eigenvalue weighted by Gasteiger charge is -2.18. The first-order valence-electron chi connectivity index (χ1n) is 15.0. The molecule has 0 unspecified atom stereocenters. The summed E-state index contributed by atoms with van der Waals surface area (Å²) in [5.41, 5.74) is 6.75. The van der Waals surface area contributed by atoms with Crippen LogP contribution in [0.1, 0.15) is 0 Å². The largest absolute Gasteiger partial charge is 0.455 e. The molecule has 0 atom stereocenters. The van der Waals surface area contributed by atoms with Gasteiger partial charge in [-0.05, 0) is 61.6 Å². The van der Waals surface area contributed by atoms with Crippen molar-refractivity contribution < 1.29 is 4.42 Å². The average molecular weight is 577 g/mol. The number of hydrogen-bond donors (Lipinski definition) is 0. The third-order valence-electron chi connectivity index (χ3n) is 9.24. The van der Waals surface area contributed by atoms with Crippen molar-refractivity contribution in [1.82, 2.24) is 0 Å².